The zero-order valence-electron chi connectivity index (χ0n) is 26.6. The van der Waals surface area contributed by atoms with E-state index in [0.717, 1.165) is 9.91 Å². The highest BCUT2D eigenvalue weighted by Crippen LogP contribution is 2.50. The van der Waals surface area contributed by atoms with Crippen LogP contribution in [0.5, 0.6) is 11.5 Å². The van der Waals surface area contributed by atoms with Crippen LogP contribution in [0.3, 0.4) is 0 Å². The van der Waals surface area contributed by atoms with E-state index in [4.69, 9.17) is 23.7 Å². The summed E-state index contributed by atoms with van der Waals surface area (Å²) in [5, 5.41) is 0.742. The number of ether oxygens (including phenoxy) is 5. The van der Waals surface area contributed by atoms with Crippen LogP contribution < -0.4 is 19.8 Å². The third-order valence-corrected chi connectivity index (χ3v) is 5.92. The van der Waals surface area contributed by atoms with Crippen molar-refractivity contribution in [1.29, 1.82) is 0 Å². The molecule has 0 unspecified atom stereocenters. The molecule has 1 heterocycles. The van der Waals surface area contributed by atoms with E-state index in [1.807, 2.05) is 0 Å². The molecule has 0 spiro atoms. The second kappa shape index (κ2) is 11.7. The second-order valence-corrected chi connectivity index (χ2v) is 12.9. The lowest BCUT2D eigenvalue weighted by Crippen LogP contribution is -2.64. The van der Waals surface area contributed by atoms with Crippen LogP contribution in [-0.2, 0) is 24.5 Å². The first-order valence-electron chi connectivity index (χ1n) is 13.7. The minimum Gasteiger partial charge on any atom is -0.497 e. The number of amides is 4. The number of methoxy groups -OCH3 is 2. The highest BCUT2D eigenvalue weighted by molar-refractivity contribution is 6.23. The first kappa shape index (κ1) is 33.0. The predicted octanol–water partition coefficient (Wildman–Crippen LogP) is 5.91. The van der Waals surface area contributed by atoms with Crippen molar-refractivity contribution in [2.75, 3.05) is 19.1 Å². The molecule has 2 aromatic rings. The van der Waals surface area contributed by atoms with E-state index < -0.39 is 46.5 Å². The van der Waals surface area contributed by atoms with Gasteiger partial charge in [0.15, 0.2) is 5.54 Å². The maximum Gasteiger partial charge on any atom is 0.431 e. The maximum absolute atomic E-state index is 14.9. The molecule has 12 heteroatoms. The Morgan fingerprint density at radius 2 is 1.33 bits per heavy atom. The summed E-state index contributed by atoms with van der Waals surface area (Å²) in [6.07, 6.45) is -3.14. The molecule has 1 aliphatic rings. The van der Waals surface area contributed by atoms with E-state index >= 15 is 0 Å². The Morgan fingerprint density at radius 3 is 1.86 bits per heavy atom. The summed E-state index contributed by atoms with van der Waals surface area (Å²) in [6, 6.07) is 10.9. The van der Waals surface area contributed by atoms with Crippen molar-refractivity contribution in [2.24, 2.45) is 0 Å². The Hall–Kier alpha value is -4.48. The van der Waals surface area contributed by atoms with E-state index in [1.54, 1.807) is 86.6 Å². The number of nitrogens with zero attached hydrogens (tertiary/aromatic N) is 2. The first-order chi connectivity index (χ1) is 19.7. The van der Waals surface area contributed by atoms with Gasteiger partial charge in [0.25, 0.3) is 5.91 Å². The highest BCUT2D eigenvalue weighted by atomic mass is 16.6. The smallest absolute Gasteiger partial charge is 0.431 e. The Bertz CT molecular complexity index is 1400. The predicted molar refractivity (Wildman–Crippen MR) is 158 cm³/mol. The quantitative estimate of drug-likeness (QED) is 0.337. The lowest BCUT2D eigenvalue weighted by molar-refractivity contribution is -0.129. The Balaban J connectivity index is 2.46. The lowest BCUT2D eigenvalue weighted by Gasteiger charge is -2.40. The van der Waals surface area contributed by atoms with Crippen LogP contribution in [0.25, 0.3) is 0 Å². The topological polar surface area (TPSA) is 133 Å². The number of rotatable bonds is 4. The molecule has 3 rings (SSSR count). The number of hydrazine groups is 1. The molecule has 1 N–H and O–H groups in total. The Kier molecular flexibility index (Phi) is 8.95. The fourth-order valence-corrected chi connectivity index (χ4v) is 4.44. The van der Waals surface area contributed by atoms with Crippen LogP contribution in [-0.4, -0.2) is 60.2 Å². The first-order valence-corrected chi connectivity index (χ1v) is 13.7. The molecule has 0 bridgehead atoms. The third-order valence-electron chi connectivity index (χ3n) is 5.92. The summed E-state index contributed by atoms with van der Waals surface area (Å²) < 4.78 is 27.7. The van der Waals surface area contributed by atoms with Gasteiger partial charge in [-0.05, 0) is 98.2 Å². The number of carbonyl (C=O) groups excluding carboxylic acids is 4. The normalized spacial score (nSPS) is 16.6. The van der Waals surface area contributed by atoms with Gasteiger partial charge in [-0.3, -0.25) is 4.79 Å². The van der Waals surface area contributed by atoms with Gasteiger partial charge in [0.05, 0.1) is 19.9 Å². The van der Waals surface area contributed by atoms with E-state index in [1.165, 1.54) is 32.4 Å². The van der Waals surface area contributed by atoms with Gasteiger partial charge in [-0.25, -0.2) is 24.7 Å². The van der Waals surface area contributed by atoms with Crippen LogP contribution in [0.4, 0.5) is 20.1 Å². The number of carbonyl (C=O) groups is 4. The number of imide groups is 1. The maximum atomic E-state index is 14.9. The summed E-state index contributed by atoms with van der Waals surface area (Å²) in [5.74, 6) is -0.280. The number of hydrogen-bond donors (Lipinski definition) is 1. The van der Waals surface area contributed by atoms with E-state index in [2.05, 4.69) is 5.43 Å². The minimum atomic E-state index is -2.23. The molecule has 1 atom stereocenters. The molecule has 12 nitrogen and oxygen atoms in total. The molecule has 0 radical (unpaired) electrons. The summed E-state index contributed by atoms with van der Waals surface area (Å²) >= 11 is 0. The van der Waals surface area contributed by atoms with Crippen LogP contribution >= 0.6 is 0 Å². The standard InChI is InChI=1S/C31H41N3O9/c1-28(2,3)41-25(36)32-34(27(38)43-30(7,8)9)31(19-13-12-14-20(17-19)39-10)22-18-21(40-11)15-16-23(22)33(24(31)35)26(37)42-29(4,5)6/h12-18H,1-11H3,(H,32,36)/t31-/m1/s1. The summed E-state index contributed by atoms with van der Waals surface area (Å²) in [4.78, 5) is 56.7. The molecular formula is C31H41N3O9. The van der Waals surface area contributed by atoms with Crippen molar-refractivity contribution in [3.8, 4) is 11.5 Å². The lowest BCUT2D eigenvalue weighted by atomic mass is 9.83. The third kappa shape index (κ3) is 7.12. The van der Waals surface area contributed by atoms with Crippen LogP contribution in [0.2, 0.25) is 0 Å². The largest absolute Gasteiger partial charge is 0.497 e. The van der Waals surface area contributed by atoms with Gasteiger partial charge in [-0.1, -0.05) is 12.1 Å². The van der Waals surface area contributed by atoms with Crippen molar-refractivity contribution >= 4 is 29.9 Å². The Labute approximate surface area is 252 Å². The summed E-state index contributed by atoms with van der Waals surface area (Å²) in [6.45, 7) is 14.8. The van der Waals surface area contributed by atoms with Gasteiger partial charge in [-0.15, -0.1) is 0 Å². The molecule has 0 aromatic heterocycles. The van der Waals surface area contributed by atoms with Crippen molar-refractivity contribution < 1.29 is 42.9 Å². The number of nitrogens with one attached hydrogen (secondary N) is 1. The van der Waals surface area contributed by atoms with Gasteiger partial charge in [-0.2, -0.15) is 5.01 Å². The van der Waals surface area contributed by atoms with E-state index in [9.17, 15) is 19.2 Å². The molecule has 1 aliphatic heterocycles. The van der Waals surface area contributed by atoms with E-state index in [-0.39, 0.29) is 16.8 Å². The van der Waals surface area contributed by atoms with Gasteiger partial charge in [0.1, 0.15) is 28.3 Å². The molecule has 0 saturated carbocycles. The summed E-state index contributed by atoms with van der Waals surface area (Å²) in [7, 11) is 2.87. The van der Waals surface area contributed by atoms with Crippen molar-refractivity contribution in [1.82, 2.24) is 10.4 Å². The minimum absolute atomic E-state index is 0.0995. The second-order valence-electron chi connectivity index (χ2n) is 12.9. The summed E-state index contributed by atoms with van der Waals surface area (Å²) in [5.41, 5.74) is -2.37. The number of anilines is 1. The zero-order chi connectivity index (χ0) is 32.5. The number of hydrogen-bond acceptors (Lipinski definition) is 9. The van der Waals surface area contributed by atoms with Crippen molar-refractivity contribution in [3.63, 3.8) is 0 Å². The van der Waals surface area contributed by atoms with Gasteiger partial charge < -0.3 is 23.7 Å². The average molecular weight is 600 g/mol. The zero-order valence-corrected chi connectivity index (χ0v) is 26.6. The molecule has 234 valence electrons. The fraction of sp³-hybridized carbons (Fsp3) is 0.484. The molecule has 43 heavy (non-hydrogen) atoms. The van der Waals surface area contributed by atoms with Gasteiger partial charge in [0.2, 0.25) is 0 Å². The molecule has 4 amide bonds. The van der Waals surface area contributed by atoms with Crippen LogP contribution in [0.15, 0.2) is 42.5 Å². The number of fused-ring (bicyclic) bond motifs is 1. The molecule has 0 fully saturated rings. The Morgan fingerprint density at radius 1 is 0.767 bits per heavy atom. The monoisotopic (exact) mass is 599 g/mol. The average Bonchev–Trinajstić information content (AvgIpc) is 3.12. The number of benzene rings is 2. The molecular weight excluding hydrogens is 558 g/mol. The fourth-order valence-electron chi connectivity index (χ4n) is 4.44. The van der Waals surface area contributed by atoms with Crippen LogP contribution in [0.1, 0.15) is 73.4 Å². The van der Waals surface area contributed by atoms with Gasteiger partial charge in [0, 0.05) is 5.56 Å². The van der Waals surface area contributed by atoms with Gasteiger partial charge >= 0.3 is 18.3 Å². The van der Waals surface area contributed by atoms with Crippen LogP contribution in [0, 0.1) is 0 Å². The molecule has 0 saturated heterocycles. The SMILES string of the molecule is COc1cccc([C@]2(N(NC(=O)OC(C)(C)C)C(=O)OC(C)(C)C)C(=O)N(C(=O)OC(C)(C)C)c3ccc(OC)cc32)c1. The molecule has 0 aliphatic carbocycles. The highest BCUT2D eigenvalue weighted by Gasteiger charge is 2.62. The van der Waals surface area contributed by atoms with Crippen molar-refractivity contribution in [3.05, 3.63) is 53.6 Å². The molecule has 2 aromatic carbocycles. The van der Waals surface area contributed by atoms with Crippen molar-refractivity contribution in [2.45, 2.75) is 84.7 Å². The van der Waals surface area contributed by atoms with E-state index in [0.29, 0.717) is 11.5 Å².